The average molecular weight is 457 g/mol. The minimum atomic E-state index is -0.621. The number of hydrogen-bond donors (Lipinski definition) is 1. The van der Waals surface area contributed by atoms with Crippen LogP contribution in [0.15, 0.2) is 47.4 Å². The van der Waals surface area contributed by atoms with Crippen molar-refractivity contribution < 1.29 is 13.6 Å². The van der Waals surface area contributed by atoms with Crippen molar-refractivity contribution in [1.82, 2.24) is 10.2 Å². The van der Waals surface area contributed by atoms with Crippen molar-refractivity contribution in [3.05, 3.63) is 76.8 Å². The molecular weight excluding hydrogens is 426 g/mol. The predicted molar refractivity (Wildman–Crippen MR) is 128 cm³/mol. The second-order valence-electron chi connectivity index (χ2n) is 8.50. The quantitative estimate of drug-likeness (QED) is 0.655. The van der Waals surface area contributed by atoms with Crippen LogP contribution >= 0.6 is 11.8 Å². The molecule has 1 saturated heterocycles. The van der Waals surface area contributed by atoms with E-state index in [2.05, 4.69) is 43.1 Å². The summed E-state index contributed by atoms with van der Waals surface area (Å²) in [6, 6.07) is 5.07. The summed E-state index contributed by atoms with van der Waals surface area (Å²) in [7, 11) is 1.98. The number of carbonyl (C=O) groups is 1. The molecule has 0 aromatic heterocycles. The normalized spacial score (nSPS) is 24.1. The topological polar surface area (TPSA) is 32.3 Å². The van der Waals surface area contributed by atoms with Crippen molar-refractivity contribution in [3.8, 4) is 0 Å². The molecule has 3 nitrogen and oxygen atoms in total. The summed E-state index contributed by atoms with van der Waals surface area (Å²) in [6.45, 7) is 8.28. The summed E-state index contributed by atoms with van der Waals surface area (Å²) in [5.74, 6) is 0.106. The summed E-state index contributed by atoms with van der Waals surface area (Å²) >= 11 is 1.95. The summed E-state index contributed by atoms with van der Waals surface area (Å²) in [4.78, 5) is 16.2. The number of rotatable bonds is 3. The molecule has 1 amide bonds. The first-order valence-corrected chi connectivity index (χ1v) is 11.9. The second-order valence-corrected chi connectivity index (χ2v) is 9.69. The van der Waals surface area contributed by atoms with Crippen LogP contribution in [-0.4, -0.2) is 41.7 Å². The van der Waals surface area contributed by atoms with E-state index in [1.165, 1.54) is 10.5 Å². The highest BCUT2D eigenvalue weighted by Crippen LogP contribution is 2.43. The molecule has 2 heterocycles. The van der Waals surface area contributed by atoms with Gasteiger partial charge in [-0.3, -0.25) is 4.79 Å². The van der Waals surface area contributed by atoms with Gasteiger partial charge >= 0.3 is 0 Å². The Bertz CT molecular complexity index is 963. The molecule has 170 valence electrons. The van der Waals surface area contributed by atoms with Crippen molar-refractivity contribution in [1.29, 1.82) is 0 Å². The molecule has 0 saturated carbocycles. The highest BCUT2D eigenvalue weighted by atomic mass is 32.2. The lowest BCUT2D eigenvalue weighted by atomic mass is 9.85. The van der Waals surface area contributed by atoms with Gasteiger partial charge in [0.05, 0.1) is 11.6 Å². The van der Waals surface area contributed by atoms with Gasteiger partial charge < -0.3 is 10.2 Å². The van der Waals surface area contributed by atoms with Crippen LogP contribution in [0.3, 0.4) is 0 Å². The highest BCUT2D eigenvalue weighted by Gasteiger charge is 2.41. The summed E-state index contributed by atoms with van der Waals surface area (Å²) in [5.41, 5.74) is 1.79. The lowest BCUT2D eigenvalue weighted by Gasteiger charge is -2.44. The molecule has 2 atom stereocenters. The van der Waals surface area contributed by atoms with E-state index in [-0.39, 0.29) is 23.1 Å². The minimum Gasteiger partial charge on any atom is -0.335 e. The van der Waals surface area contributed by atoms with Crippen LogP contribution in [0.5, 0.6) is 0 Å². The fourth-order valence-corrected chi connectivity index (χ4v) is 5.58. The van der Waals surface area contributed by atoms with Gasteiger partial charge in [-0.25, -0.2) is 0 Å². The molecule has 0 radical (unpaired) electrons. The van der Waals surface area contributed by atoms with Gasteiger partial charge in [0.15, 0.2) is 11.6 Å². The highest BCUT2D eigenvalue weighted by molar-refractivity contribution is 8.03. The van der Waals surface area contributed by atoms with Crippen LogP contribution in [0.4, 0.5) is 8.78 Å². The van der Waals surface area contributed by atoms with E-state index in [9.17, 15) is 13.6 Å². The van der Waals surface area contributed by atoms with Crippen LogP contribution in [0.1, 0.15) is 45.1 Å². The molecule has 1 aromatic rings. The van der Waals surface area contributed by atoms with Gasteiger partial charge in [0.2, 0.25) is 5.91 Å². The number of nitrogens with one attached hydrogen (secondary N) is 1. The maximum atomic E-state index is 12.8. The summed E-state index contributed by atoms with van der Waals surface area (Å²) in [5, 5.41) is 3.34. The number of nitrogens with zero attached hydrogens (tertiary/aromatic N) is 1. The molecule has 6 heteroatoms. The molecule has 3 aliphatic rings. The second kappa shape index (κ2) is 10.5. The number of carbonyl (C=O) groups excluding carboxylic acids is 1. The van der Waals surface area contributed by atoms with E-state index in [4.69, 9.17) is 0 Å². The van der Waals surface area contributed by atoms with Gasteiger partial charge in [-0.1, -0.05) is 30.9 Å². The van der Waals surface area contributed by atoms with Crippen LogP contribution in [0.2, 0.25) is 0 Å². The zero-order chi connectivity index (χ0) is 23.3. The first-order valence-electron chi connectivity index (χ1n) is 10.9. The van der Waals surface area contributed by atoms with Crippen molar-refractivity contribution >= 4 is 23.2 Å². The first-order chi connectivity index (χ1) is 15.2. The maximum absolute atomic E-state index is 12.8. The molecule has 1 aromatic carbocycles. The Kier molecular flexibility index (Phi) is 7.97. The van der Waals surface area contributed by atoms with E-state index in [0.29, 0.717) is 5.57 Å². The van der Waals surface area contributed by atoms with E-state index >= 15 is 0 Å². The molecule has 1 fully saturated rings. The molecule has 0 bridgehead atoms. The lowest BCUT2D eigenvalue weighted by Crippen LogP contribution is -2.54. The van der Waals surface area contributed by atoms with Gasteiger partial charge in [-0.2, -0.15) is 8.78 Å². The lowest BCUT2D eigenvalue weighted by molar-refractivity contribution is -0.135. The monoisotopic (exact) mass is 456 g/mol. The Morgan fingerprint density at radius 3 is 2.78 bits per heavy atom. The number of halogens is 2. The Morgan fingerprint density at radius 1 is 1.34 bits per heavy atom. The fourth-order valence-electron chi connectivity index (χ4n) is 4.17. The van der Waals surface area contributed by atoms with Gasteiger partial charge in [0.1, 0.15) is 0 Å². The summed E-state index contributed by atoms with van der Waals surface area (Å²) < 4.78 is 25.1. The fraction of sp³-hybridized carbons (Fsp3) is 0.423. The van der Waals surface area contributed by atoms with Gasteiger partial charge in [-0.15, -0.1) is 11.8 Å². The Labute approximate surface area is 194 Å². The molecule has 1 aliphatic carbocycles. The number of allylic oxidation sites excluding steroid dienone is 5. The van der Waals surface area contributed by atoms with E-state index in [0.717, 1.165) is 44.0 Å². The molecule has 2 unspecified atom stereocenters. The average Bonchev–Trinajstić information content (AvgIpc) is 3.20. The predicted octanol–water partition coefficient (Wildman–Crippen LogP) is 5.46. The minimum absolute atomic E-state index is 0.0123. The standard InChI is InChI=1S/C17H24N2OS.C9H6F2/c1-17(19(2)16(20)14-8-6-11-18-14)10-12-21-15-9-5-3-4-7-13(15)17;1-6(2)8-5-7(10)3-4-9(8)11/h3-5,7,14,18H,6,8-12H2,1-2H3;5H,1H2,2H3. The Hall–Kier alpha value is -2.36. The smallest absolute Gasteiger partial charge is 0.240 e. The van der Waals surface area contributed by atoms with E-state index in [1.807, 2.05) is 35.8 Å². The Balaban J connectivity index is 0.000000222. The van der Waals surface area contributed by atoms with Crippen molar-refractivity contribution in [2.45, 2.75) is 51.1 Å². The number of likely N-dealkylation sites (N-methyl/N-ethyl adjacent to an activating group) is 1. The third-order valence-electron chi connectivity index (χ3n) is 6.25. The molecule has 2 aliphatic heterocycles. The van der Waals surface area contributed by atoms with Gasteiger partial charge in [0.25, 0.3) is 0 Å². The van der Waals surface area contributed by atoms with Crippen LogP contribution in [0, 0.1) is 23.8 Å². The first kappa shape index (κ1) is 24.3. The van der Waals surface area contributed by atoms with Crippen molar-refractivity contribution in [2.75, 3.05) is 19.3 Å². The zero-order valence-corrected chi connectivity index (χ0v) is 19.7. The van der Waals surface area contributed by atoms with E-state index in [1.54, 1.807) is 6.92 Å². The third-order valence-corrected chi connectivity index (χ3v) is 7.39. The van der Waals surface area contributed by atoms with Crippen LogP contribution in [0.25, 0.3) is 5.57 Å². The summed E-state index contributed by atoms with van der Waals surface area (Å²) in [6.07, 6.45) is 12.7. The number of amides is 1. The van der Waals surface area contributed by atoms with Crippen LogP contribution < -0.4 is 5.32 Å². The SMILES string of the molecule is C=C(C)c1cc(F)c#cc1F.CN(C(=O)C1CCCN1)C1(C)CCSC2=C1C=CC=CC2. The van der Waals surface area contributed by atoms with Crippen LogP contribution in [-0.2, 0) is 4.79 Å². The largest absolute Gasteiger partial charge is 0.335 e. The van der Waals surface area contributed by atoms with Crippen molar-refractivity contribution in [2.24, 2.45) is 0 Å². The number of thioether (sulfide) groups is 1. The zero-order valence-electron chi connectivity index (χ0n) is 18.9. The van der Waals surface area contributed by atoms with Gasteiger partial charge in [-0.05, 0) is 80.3 Å². The van der Waals surface area contributed by atoms with Gasteiger partial charge in [0, 0.05) is 18.4 Å². The molecule has 32 heavy (non-hydrogen) atoms. The molecule has 0 spiro atoms. The van der Waals surface area contributed by atoms with E-state index < -0.39 is 11.6 Å². The Morgan fingerprint density at radius 2 is 2.12 bits per heavy atom. The molecule has 4 rings (SSSR count). The van der Waals surface area contributed by atoms with Crippen molar-refractivity contribution in [3.63, 3.8) is 0 Å². The number of hydrogen-bond acceptors (Lipinski definition) is 3. The molecular formula is C26H30F2N2OS. The third kappa shape index (κ3) is 5.33. The maximum Gasteiger partial charge on any atom is 0.240 e. The molecule has 1 N–H and O–H groups in total.